The second-order valence-electron chi connectivity index (χ2n) is 3.52. The summed E-state index contributed by atoms with van der Waals surface area (Å²) in [5.74, 6) is -0.304. The normalized spacial score (nSPS) is 13.5. The van der Waals surface area contributed by atoms with Crippen LogP contribution >= 0.6 is 0 Å². The summed E-state index contributed by atoms with van der Waals surface area (Å²) in [5, 5.41) is 0. The number of primary amides is 1. The van der Waals surface area contributed by atoms with Crippen LogP contribution in [0, 0.1) is 0 Å². The molecule has 4 nitrogen and oxygen atoms in total. The first-order valence-electron chi connectivity index (χ1n) is 4.48. The van der Waals surface area contributed by atoms with Gasteiger partial charge in [0.1, 0.15) is 0 Å². The van der Waals surface area contributed by atoms with E-state index >= 15 is 0 Å². The molecule has 0 aliphatic rings. The summed E-state index contributed by atoms with van der Waals surface area (Å²) in [6, 6.07) is 0.0711. The molecule has 1 atom stereocenters. The van der Waals surface area contributed by atoms with E-state index in [0.29, 0.717) is 12.1 Å². The largest absolute Gasteiger partial charge is 0.399 e. The number of allylic oxidation sites excluding steroid dienone is 1. The predicted octanol–water partition coefficient (Wildman–Crippen LogP) is 0.558. The van der Waals surface area contributed by atoms with Crippen LogP contribution in [0.1, 0.15) is 20.3 Å². The second kappa shape index (κ2) is 5.32. The van der Waals surface area contributed by atoms with E-state index in [4.69, 9.17) is 11.5 Å². The molecular formula is C10H19N3O. The van der Waals surface area contributed by atoms with Crippen molar-refractivity contribution in [2.45, 2.75) is 26.3 Å². The van der Waals surface area contributed by atoms with Crippen LogP contribution in [-0.4, -0.2) is 23.9 Å². The minimum atomic E-state index is -0.304. The van der Waals surface area contributed by atoms with Crippen molar-refractivity contribution < 1.29 is 4.79 Å². The molecule has 1 unspecified atom stereocenters. The molecule has 80 valence electrons. The lowest BCUT2D eigenvalue weighted by atomic mass is 10.2. The van der Waals surface area contributed by atoms with Crippen LogP contribution in [-0.2, 0) is 4.79 Å². The Balaban J connectivity index is 4.32. The number of hydrogen-bond donors (Lipinski definition) is 2. The Kier molecular flexibility index (Phi) is 4.77. The molecule has 4 heteroatoms. The quantitative estimate of drug-likeness (QED) is 0.632. The molecule has 0 aromatic carbocycles. The highest BCUT2D eigenvalue weighted by Gasteiger charge is 2.09. The fraction of sp³-hybridized carbons (Fsp3) is 0.500. The van der Waals surface area contributed by atoms with Gasteiger partial charge in [-0.1, -0.05) is 6.58 Å². The molecule has 1 amide bonds. The first-order valence-corrected chi connectivity index (χ1v) is 4.48. The van der Waals surface area contributed by atoms with Crippen molar-refractivity contribution in [3.63, 3.8) is 0 Å². The van der Waals surface area contributed by atoms with Crippen LogP contribution < -0.4 is 11.5 Å². The molecule has 0 spiro atoms. The molecule has 0 fully saturated rings. The zero-order chi connectivity index (χ0) is 11.3. The number of rotatable bonds is 5. The van der Waals surface area contributed by atoms with Crippen LogP contribution in [0.5, 0.6) is 0 Å². The molecule has 0 aromatic heterocycles. The Labute approximate surface area is 85.2 Å². The first-order chi connectivity index (χ1) is 6.34. The Morgan fingerprint density at radius 3 is 2.43 bits per heavy atom. The second-order valence-corrected chi connectivity index (χ2v) is 3.52. The summed E-state index contributed by atoms with van der Waals surface area (Å²) in [6.45, 7) is 7.41. The third-order valence-corrected chi connectivity index (χ3v) is 2.10. The van der Waals surface area contributed by atoms with Crippen LogP contribution in [0.15, 0.2) is 24.0 Å². The molecule has 0 aromatic rings. The Morgan fingerprint density at radius 1 is 1.57 bits per heavy atom. The van der Waals surface area contributed by atoms with Crippen molar-refractivity contribution in [3.05, 3.63) is 24.0 Å². The van der Waals surface area contributed by atoms with E-state index in [0.717, 1.165) is 5.57 Å². The van der Waals surface area contributed by atoms with Crippen molar-refractivity contribution in [3.8, 4) is 0 Å². The number of hydrogen-bond acceptors (Lipinski definition) is 3. The molecule has 0 saturated carbocycles. The number of carbonyl (C=O) groups excluding carboxylic acids is 1. The lowest BCUT2D eigenvalue weighted by Gasteiger charge is -2.22. The van der Waals surface area contributed by atoms with Crippen molar-refractivity contribution >= 4 is 5.91 Å². The van der Waals surface area contributed by atoms with Gasteiger partial charge in [-0.25, -0.2) is 0 Å². The number of amides is 1. The van der Waals surface area contributed by atoms with Gasteiger partial charge in [-0.05, 0) is 19.4 Å². The standard InChI is InChI=1S/C10H19N3O/c1-7(9(3)11)6-13(4)8(2)5-10(12)14/h6,8H,3,5,11H2,1-2,4H3,(H2,12,14)/b7-6-. The molecule has 0 aliphatic heterocycles. The molecule has 0 rings (SSSR count). The van der Waals surface area contributed by atoms with E-state index in [1.54, 1.807) is 0 Å². The van der Waals surface area contributed by atoms with Gasteiger partial charge in [0.2, 0.25) is 5.91 Å². The van der Waals surface area contributed by atoms with E-state index in [9.17, 15) is 4.79 Å². The van der Waals surface area contributed by atoms with Gasteiger partial charge < -0.3 is 16.4 Å². The predicted molar refractivity (Wildman–Crippen MR) is 58.1 cm³/mol. The Bertz CT molecular complexity index is 258. The van der Waals surface area contributed by atoms with Crippen LogP contribution in [0.3, 0.4) is 0 Å². The summed E-state index contributed by atoms with van der Waals surface area (Å²) in [6.07, 6.45) is 2.19. The molecule has 0 radical (unpaired) electrons. The average Bonchev–Trinajstić information content (AvgIpc) is 2.02. The van der Waals surface area contributed by atoms with Gasteiger partial charge >= 0.3 is 0 Å². The van der Waals surface area contributed by atoms with Gasteiger partial charge in [0, 0.05) is 31.4 Å². The van der Waals surface area contributed by atoms with Gasteiger partial charge in [0.05, 0.1) is 0 Å². The highest BCUT2D eigenvalue weighted by Crippen LogP contribution is 2.06. The van der Waals surface area contributed by atoms with E-state index < -0.39 is 0 Å². The van der Waals surface area contributed by atoms with Gasteiger partial charge in [0.25, 0.3) is 0 Å². The summed E-state index contributed by atoms with van der Waals surface area (Å²) in [4.78, 5) is 12.6. The third kappa shape index (κ3) is 4.54. The molecule has 0 heterocycles. The maximum atomic E-state index is 10.7. The van der Waals surface area contributed by atoms with Crippen LogP contribution in [0.4, 0.5) is 0 Å². The molecule has 4 N–H and O–H groups in total. The lowest BCUT2D eigenvalue weighted by Crippen LogP contribution is -2.29. The molecule has 0 bridgehead atoms. The van der Waals surface area contributed by atoms with Gasteiger partial charge in [-0.2, -0.15) is 0 Å². The summed E-state index contributed by atoms with van der Waals surface area (Å²) < 4.78 is 0. The van der Waals surface area contributed by atoms with E-state index in [-0.39, 0.29) is 11.9 Å². The smallest absolute Gasteiger partial charge is 0.219 e. The van der Waals surface area contributed by atoms with Gasteiger partial charge in [-0.15, -0.1) is 0 Å². The maximum Gasteiger partial charge on any atom is 0.219 e. The molecular weight excluding hydrogens is 178 g/mol. The molecule has 0 saturated heterocycles. The SMILES string of the molecule is C=C(N)/C(C)=C\N(C)C(C)CC(N)=O. The van der Waals surface area contributed by atoms with Crippen molar-refractivity contribution in [2.24, 2.45) is 11.5 Å². The summed E-state index contributed by atoms with van der Waals surface area (Å²) in [5.41, 5.74) is 12.0. The van der Waals surface area contributed by atoms with E-state index in [1.807, 2.05) is 32.0 Å². The molecule has 14 heavy (non-hydrogen) atoms. The van der Waals surface area contributed by atoms with E-state index in [2.05, 4.69) is 6.58 Å². The highest BCUT2D eigenvalue weighted by molar-refractivity contribution is 5.74. The summed E-state index contributed by atoms with van der Waals surface area (Å²) in [7, 11) is 1.88. The van der Waals surface area contributed by atoms with Crippen LogP contribution in [0.25, 0.3) is 0 Å². The minimum Gasteiger partial charge on any atom is -0.399 e. The fourth-order valence-electron chi connectivity index (χ4n) is 0.951. The monoisotopic (exact) mass is 197 g/mol. The first kappa shape index (κ1) is 12.6. The maximum absolute atomic E-state index is 10.7. The zero-order valence-electron chi connectivity index (χ0n) is 9.08. The third-order valence-electron chi connectivity index (χ3n) is 2.10. The number of carbonyl (C=O) groups is 1. The minimum absolute atomic E-state index is 0.0711. The topological polar surface area (TPSA) is 72.3 Å². The fourth-order valence-corrected chi connectivity index (χ4v) is 0.951. The number of nitrogens with two attached hydrogens (primary N) is 2. The molecule has 0 aliphatic carbocycles. The number of nitrogens with zero attached hydrogens (tertiary/aromatic N) is 1. The van der Waals surface area contributed by atoms with Gasteiger partial charge in [0.15, 0.2) is 0 Å². The van der Waals surface area contributed by atoms with Crippen molar-refractivity contribution in [1.82, 2.24) is 4.90 Å². The summed E-state index contributed by atoms with van der Waals surface area (Å²) >= 11 is 0. The Hall–Kier alpha value is -1.45. The van der Waals surface area contributed by atoms with Crippen LogP contribution in [0.2, 0.25) is 0 Å². The van der Waals surface area contributed by atoms with Gasteiger partial charge in [-0.3, -0.25) is 4.79 Å². The van der Waals surface area contributed by atoms with E-state index in [1.165, 1.54) is 0 Å². The van der Waals surface area contributed by atoms with Crippen molar-refractivity contribution in [2.75, 3.05) is 7.05 Å². The highest BCUT2D eigenvalue weighted by atomic mass is 16.1. The van der Waals surface area contributed by atoms with Crippen molar-refractivity contribution in [1.29, 1.82) is 0 Å². The Morgan fingerprint density at radius 2 is 2.07 bits per heavy atom. The zero-order valence-corrected chi connectivity index (χ0v) is 9.08. The average molecular weight is 197 g/mol. The lowest BCUT2D eigenvalue weighted by molar-refractivity contribution is -0.118.